The van der Waals surface area contributed by atoms with Gasteiger partial charge in [-0.1, -0.05) is 35.9 Å². The van der Waals surface area contributed by atoms with Gasteiger partial charge in [0, 0.05) is 10.7 Å². The number of nitrogens with zero attached hydrogens (tertiary/aromatic N) is 1. The van der Waals surface area contributed by atoms with E-state index in [-0.39, 0.29) is 4.90 Å². The first-order chi connectivity index (χ1) is 11.9. The average Bonchev–Trinajstić information content (AvgIpc) is 2.60. The van der Waals surface area contributed by atoms with Crippen LogP contribution < -0.4 is 10.0 Å². The van der Waals surface area contributed by atoms with Gasteiger partial charge in [-0.3, -0.25) is 4.72 Å². The number of anilines is 3. The number of nitrogens with one attached hydrogen (secondary N) is 2. The molecule has 0 radical (unpaired) electrons. The monoisotopic (exact) mass is 373 g/mol. The highest BCUT2D eigenvalue weighted by Crippen LogP contribution is 2.23. The maximum atomic E-state index is 12.3. The molecular weight excluding hydrogens is 358 g/mol. The van der Waals surface area contributed by atoms with Gasteiger partial charge in [0.15, 0.2) is 0 Å². The Morgan fingerprint density at radius 3 is 2.32 bits per heavy atom. The summed E-state index contributed by atoms with van der Waals surface area (Å²) < 4.78 is 27.1. The van der Waals surface area contributed by atoms with Crippen molar-refractivity contribution in [3.05, 3.63) is 77.4 Å². The third-order valence-corrected chi connectivity index (χ3v) is 5.32. The maximum absolute atomic E-state index is 12.3. The van der Waals surface area contributed by atoms with Gasteiger partial charge in [0.2, 0.25) is 0 Å². The minimum atomic E-state index is -3.62. The molecular formula is C18H16ClN3O2S. The SMILES string of the molecule is Cc1ccc(Nc2ccc(NS(=O)(=O)c3ccccc3)cn2)cc1Cl. The second-order valence-corrected chi connectivity index (χ2v) is 7.53. The molecule has 128 valence electrons. The van der Waals surface area contributed by atoms with Crippen LogP contribution in [0.25, 0.3) is 0 Å². The quantitative estimate of drug-likeness (QED) is 0.686. The Hall–Kier alpha value is -2.57. The summed E-state index contributed by atoms with van der Waals surface area (Å²) in [5, 5.41) is 3.79. The van der Waals surface area contributed by atoms with Crippen LogP contribution in [-0.4, -0.2) is 13.4 Å². The summed E-state index contributed by atoms with van der Waals surface area (Å²) in [5.41, 5.74) is 2.18. The van der Waals surface area contributed by atoms with Crippen LogP contribution in [0.5, 0.6) is 0 Å². The standard InChI is InChI=1S/C18H16ClN3O2S/c1-13-7-8-14(11-17(13)19)21-18-10-9-15(12-20-18)22-25(23,24)16-5-3-2-4-6-16/h2-12,22H,1H3,(H,20,21). The number of hydrogen-bond acceptors (Lipinski definition) is 4. The van der Waals surface area contributed by atoms with E-state index in [4.69, 9.17) is 11.6 Å². The molecule has 0 fully saturated rings. The van der Waals surface area contributed by atoms with Crippen molar-refractivity contribution >= 4 is 38.8 Å². The van der Waals surface area contributed by atoms with Crippen molar-refractivity contribution in [1.82, 2.24) is 4.98 Å². The molecule has 0 spiro atoms. The molecule has 2 aromatic carbocycles. The largest absolute Gasteiger partial charge is 0.340 e. The van der Waals surface area contributed by atoms with Crippen molar-refractivity contribution in [2.45, 2.75) is 11.8 Å². The Balaban J connectivity index is 1.73. The van der Waals surface area contributed by atoms with Crippen molar-refractivity contribution in [3.8, 4) is 0 Å². The summed E-state index contributed by atoms with van der Waals surface area (Å²) >= 11 is 6.10. The number of halogens is 1. The highest BCUT2D eigenvalue weighted by Gasteiger charge is 2.13. The second kappa shape index (κ2) is 7.13. The van der Waals surface area contributed by atoms with Crippen LogP contribution in [0.1, 0.15) is 5.56 Å². The summed E-state index contributed by atoms with van der Waals surface area (Å²) in [6.07, 6.45) is 1.46. The van der Waals surface area contributed by atoms with Gasteiger partial charge in [0.05, 0.1) is 16.8 Å². The van der Waals surface area contributed by atoms with Gasteiger partial charge in [-0.05, 0) is 48.9 Å². The van der Waals surface area contributed by atoms with E-state index in [0.717, 1.165) is 11.3 Å². The predicted molar refractivity (Wildman–Crippen MR) is 101 cm³/mol. The summed E-state index contributed by atoms with van der Waals surface area (Å²) in [7, 11) is -3.62. The molecule has 3 rings (SSSR count). The van der Waals surface area contributed by atoms with E-state index in [0.29, 0.717) is 16.5 Å². The topological polar surface area (TPSA) is 71.1 Å². The molecule has 0 unspecified atom stereocenters. The fraction of sp³-hybridized carbons (Fsp3) is 0.0556. The smallest absolute Gasteiger partial charge is 0.261 e. The Labute approximate surface area is 151 Å². The number of sulfonamides is 1. The van der Waals surface area contributed by atoms with Crippen molar-refractivity contribution in [1.29, 1.82) is 0 Å². The van der Waals surface area contributed by atoms with Crippen molar-refractivity contribution in [2.75, 3.05) is 10.0 Å². The minimum absolute atomic E-state index is 0.200. The Morgan fingerprint density at radius 2 is 1.68 bits per heavy atom. The summed E-state index contributed by atoms with van der Waals surface area (Å²) in [4.78, 5) is 4.42. The molecule has 0 saturated carbocycles. The molecule has 0 saturated heterocycles. The third-order valence-electron chi connectivity index (χ3n) is 3.51. The van der Waals surface area contributed by atoms with Crippen molar-refractivity contribution in [3.63, 3.8) is 0 Å². The lowest BCUT2D eigenvalue weighted by Gasteiger charge is -2.10. The predicted octanol–water partition coefficient (Wildman–Crippen LogP) is 4.59. The lowest BCUT2D eigenvalue weighted by molar-refractivity contribution is 0.601. The third kappa shape index (κ3) is 4.29. The molecule has 1 heterocycles. The maximum Gasteiger partial charge on any atom is 0.261 e. The summed E-state index contributed by atoms with van der Waals surface area (Å²) in [6.45, 7) is 1.93. The number of aryl methyl sites for hydroxylation is 1. The van der Waals surface area contributed by atoms with Crippen molar-refractivity contribution < 1.29 is 8.42 Å². The van der Waals surface area contributed by atoms with Gasteiger partial charge >= 0.3 is 0 Å². The first-order valence-electron chi connectivity index (χ1n) is 7.51. The molecule has 5 nitrogen and oxygen atoms in total. The van der Waals surface area contributed by atoms with Gasteiger partial charge in [-0.2, -0.15) is 0 Å². The van der Waals surface area contributed by atoms with Crippen LogP contribution in [0, 0.1) is 6.92 Å². The second-order valence-electron chi connectivity index (χ2n) is 5.44. The van der Waals surface area contributed by atoms with Gasteiger partial charge in [-0.25, -0.2) is 13.4 Å². The zero-order valence-electron chi connectivity index (χ0n) is 13.4. The molecule has 25 heavy (non-hydrogen) atoms. The van der Waals surface area contributed by atoms with Gasteiger partial charge in [0.25, 0.3) is 10.0 Å². The van der Waals surface area contributed by atoms with Crippen LogP contribution in [0.2, 0.25) is 5.02 Å². The lowest BCUT2D eigenvalue weighted by Crippen LogP contribution is -2.13. The number of hydrogen-bond donors (Lipinski definition) is 2. The Morgan fingerprint density at radius 1 is 0.960 bits per heavy atom. The number of benzene rings is 2. The van der Waals surface area contributed by atoms with E-state index in [1.165, 1.54) is 18.3 Å². The highest BCUT2D eigenvalue weighted by atomic mass is 35.5. The summed E-state index contributed by atoms with van der Waals surface area (Å²) in [5.74, 6) is 0.586. The minimum Gasteiger partial charge on any atom is -0.340 e. The van der Waals surface area contributed by atoms with E-state index >= 15 is 0 Å². The molecule has 0 atom stereocenters. The lowest BCUT2D eigenvalue weighted by atomic mass is 10.2. The van der Waals surface area contributed by atoms with Gasteiger partial charge in [-0.15, -0.1) is 0 Å². The fourth-order valence-corrected chi connectivity index (χ4v) is 3.41. The van der Waals surface area contributed by atoms with E-state index in [9.17, 15) is 8.42 Å². The Kier molecular flexibility index (Phi) is 4.92. The zero-order chi connectivity index (χ0) is 17.9. The zero-order valence-corrected chi connectivity index (χ0v) is 15.0. The number of rotatable bonds is 5. The molecule has 7 heteroatoms. The van der Waals surface area contributed by atoms with E-state index in [1.54, 1.807) is 30.3 Å². The molecule has 0 aliphatic heterocycles. The van der Waals surface area contributed by atoms with Crippen LogP contribution in [0.15, 0.2) is 71.8 Å². The van der Waals surface area contributed by atoms with E-state index < -0.39 is 10.0 Å². The molecule has 0 amide bonds. The first kappa shape index (κ1) is 17.3. The van der Waals surface area contributed by atoms with Gasteiger partial charge < -0.3 is 5.32 Å². The molecule has 2 N–H and O–H groups in total. The molecule has 1 aromatic heterocycles. The highest BCUT2D eigenvalue weighted by molar-refractivity contribution is 7.92. The average molecular weight is 374 g/mol. The molecule has 0 bridgehead atoms. The number of pyridine rings is 1. The number of aromatic nitrogens is 1. The van der Waals surface area contributed by atoms with Crippen LogP contribution in [-0.2, 0) is 10.0 Å². The van der Waals surface area contributed by atoms with E-state index in [2.05, 4.69) is 15.0 Å². The van der Waals surface area contributed by atoms with E-state index in [1.807, 2.05) is 25.1 Å². The Bertz CT molecular complexity index is 975. The van der Waals surface area contributed by atoms with Crippen LogP contribution >= 0.6 is 11.6 Å². The fourth-order valence-electron chi connectivity index (χ4n) is 2.16. The van der Waals surface area contributed by atoms with Crippen LogP contribution in [0.4, 0.5) is 17.2 Å². The molecule has 0 aliphatic carbocycles. The van der Waals surface area contributed by atoms with Gasteiger partial charge in [0.1, 0.15) is 5.82 Å². The van der Waals surface area contributed by atoms with Crippen molar-refractivity contribution in [2.24, 2.45) is 0 Å². The summed E-state index contributed by atoms with van der Waals surface area (Å²) in [6, 6.07) is 17.1. The normalized spacial score (nSPS) is 11.1. The van der Waals surface area contributed by atoms with Crippen LogP contribution in [0.3, 0.4) is 0 Å². The molecule has 3 aromatic rings. The molecule has 0 aliphatic rings. The first-order valence-corrected chi connectivity index (χ1v) is 9.37.